The van der Waals surface area contributed by atoms with Gasteiger partial charge in [-0.05, 0) is 42.7 Å². The molecule has 1 N–H and O–H groups in total. The van der Waals surface area contributed by atoms with Crippen LogP contribution in [0.2, 0.25) is 0 Å². The molecule has 2 atom stereocenters. The Bertz CT molecular complexity index is 871. The lowest BCUT2D eigenvalue weighted by Crippen LogP contribution is -2.47. The lowest BCUT2D eigenvalue weighted by Gasteiger charge is -2.41. The monoisotopic (exact) mass is 400 g/mol. The Kier molecular flexibility index (Phi) is 6.75. The van der Waals surface area contributed by atoms with E-state index >= 15 is 0 Å². The molecule has 0 radical (unpaired) electrons. The van der Waals surface area contributed by atoms with Crippen LogP contribution in [0.25, 0.3) is 0 Å². The molecule has 0 aromatic heterocycles. The second-order valence-electron chi connectivity index (χ2n) is 7.37. The quantitative estimate of drug-likeness (QED) is 0.767. The molecule has 1 amide bonds. The number of hydrogen-bond acceptors (Lipinski definition) is 4. The number of amides is 1. The minimum Gasteiger partial charge on any atom is -0.493 e. The fourth-order valence-electron chi connectivity index (χ4n) is 4.07. The third kappa shape index (κ3) is 4.53. The van der Waals surface area contributed by atoms with Gasteiger partial charge in [0.1, 0.15) is 5.82 Å². The summed E-state index contributed by atoms with van der Waals surface area (Å²) >= 11 is 0. The average Bonchev–Trinajstić information content (AvgIpc) is 2.73. The van der Waals surface area contributed by atoms with Crippen LogP contribution in [0, 0.1) is 5.82 Å². The van der Waals surface area contributed by atoms with Gasteiger partial charge >= 0.3 is 0 Å². The minimum absolute atomic E-state index is 0.00376. The average molecular weight is 400 g/mol. The van der Waals surface area contributed by atoms with Crippen LogP contribution < -0.4 is 14.8 Å². The van der Waals surface area contributed by atoms with E-state index in [4.69, 9.17) is 9.47 Å². The van der Waals surface area contributed by atoms with Crippen molar-refractivity contribution in [1.82, 2.24) is 10.2 Å². The van der Waals surface area contributed by atoms with Crippen molar-refractivity contribution in [3.63, 3.8) is 0 Å². The Labute approximate surface area is 171 Å². The summed E-state index contributed by atoms with van der Waals surface area (Å²) in [6.45, 7) is 5.06. The molecule has 2 unspecified atom stereocenters. The van der Waals surface area contributed by atoms with Crippen molar-refractivity contribution in [3.05, 3.63) is 58.9 Å². The molecule has 1 aliphatic rings. The molecule has 0 fully saturated rings. The fraction of sp³-hybridized carbons (Fsp3) is 0.435. The number of fused-ring (bicyclic) bond motifs is 1. The van der Waals surface area contributed by atoms with Gasteiger partial charge in [0.05, 0.1) is 20.3 Å². The van der Waals surface area contributed by atoms with Gasteiger partial charge in [-0.25, -0.2) is 4.39 Å². The molecule has 2 aromatic carbocycles. The number of carbonyl (C=O) groups excluding carboxylic acids is 1. The fourth-order valence-corrected chi connectivity index (χ4v) is 4.07. The highest BCUT2D eigenvalue weighted by Crippen LogP contribution is 2.40. The lowest BCUT2D eigenvalue weighted by atomic mass is 9.87. The van der Waals surface area contributed by atoms with Gasteiger partial charge in [0, 0.05) is 31.1 Å². The van der Waals surface area contributed by atoms with E-state index in [1.54, 1.807) is 20.3 Å². The van der Waals surface area contributed by atoms with Gasteiger partial charge in [0.2, 0.25) is 5.91 Å². The standard InChI is InChI=1S/C23H29FN2O3/c1-5-22(27)25-15(2)23-18-13-21(29-4)20(28-3)12-16(18)10-11-26(23)14-17-8-6-7-9-19(17)24/h6-9,12-13,15,23H,5,10-11,14H2,1-4H3,(H,25,27). The molecule has 0 bridgehead atoms. The van der Waals surface area contributed by atoms with E-state index in [0.29, 0.717) is 30.0 Å². The first-order valence-electron chi connectivity index (χ1n) is 10.00. The molecule has 156 valence electrons. The molecule has 0 saturated heterocycles. The van der Waals surface area contributed by atoms with Crippen LogP contribution in [0.5, 0.6) is 11.5 Å². The van der Waals surface area contributed by atoms with E-state index < -0.39 is 0 Å². The Morgan fingerprint density at radius 1 is 1.24 bits per heavy atom. The Hall–Kier alpha value is -2.60. The number of methoxy groups -OCH3 is 2. The molecule has 6 heteroatoms. The van der Waals surface area contributed by atoms with E-state index in [9.17, 15) is 9.18 Å². The lowest BCUT2D eigenvalue weighted by molar-refractivity contribution is -0.121. The van der Waals surface area contributed by atoms with Crippen molar-refractivity contribution >= 4 is 5.91 Å². The van der Waals surface area contributed by atoms with E-state index in [1.165, 1.54) is 6.07 Å². The maximum Gasteiger partial charge on any atom is 0.219 e. The molecular formula is C23H29FN2O3. The molecule has 3 rings (SSSR count). The molecule has 0 aliphatic carbocycles. The van der Waals surface area contributed by atoms with Crippen molar-refractivity contribution in [2.24, 2.45) is 0 Å². The number of nitrogens with zero attached hydrogens (tertiary/aromatic N) is 1. The predicted molar refractivity (Wildman–Crippen MR) is 111 cm³/mol. The van der Waals surface area contributed by atoms with Crippen LogP contribution in [0.15, 0.2) is 36.4 Å². The topological polar surface area (TPSA) is 50.8 Å². The molecule has 0 saturated carbocycles. The van der Waals surface area contributed by atoms with Gasteiger partial charge in [-0.1, -0.05) is 25.1 Å². The van der Waals surface area contributed by atoms with Gasteiger partial charge < -0.3 is 14.8 Å². The molecule has 29 heavy (non-hydrogen) atoms. The van der Waals surface area contributed by atoms with Crippen LogP contribution in [-0.4, -0.2) is 37.6 Å². The van der Waals surface area contributed by atoms with Crippen molar-refractivity contribution in [1.29, 1.82) is 0 Å². The third-order valence-electron chi connectivity index (χ3n) is 5.54. The number of rotatable bonds is 7. The number of hydrogen-bond donors (Lipinski definition) is 1. The largest absolute Gasteiger partial charge is 0.493 e. The number of carbonyl (C=O) groups is 1. The zero-order valence-electron chi connectivity index (χ0n) is 17.5. The summed E-state index contributed by atoms with van der Waals surface area (Å²) in [7, 11) is 3.24. The Morgan fingerprint density at radius 2 is 1.93 bits per heavy atom. The molecule has 0 spiro atoms. The maximum atomic E-state index is 14.3. The molecule has 1 heterocycles. The number of ether oxygens (including phenoxy) is 2. The number of halogens is 1. The van der Waals surface area contributed by atoms with Crippen LogP contribution >= 0.6 is 0 Å². The van der Waals surface area contributed by atoms with E-state index in [1.807, 2.05) is 38.1 Å². The van der Waals surface area contributed by atoms with Gasteiger partial charge in [-0.3, -0.25) is 9.69 Å². The van der Waals surface area contributed by atoms with E-state index in [0.717, 1.165) is 24.1 Å². The SMILES string of the molecule is CCC(=O)NC(C)C1c2cc(OC)c(OC)cc2CCN1Cc1ccccc1F. The predicted octanol–water partition coefficient (Wildman–Crippen LogP) is 3.86. The van der Waals surface area contributed by atoms with Crippen LogP contribution in [0.4, 0.5) is 4.39 Å². The summed E-state index contributed by atoms with van der Waals surface area (Å²) < 4.78 is 25.3. The summed E-state index contributed by atoms with van der Waals surface area (Å²) in [5.41, 5.74) is 2.89. The van der Waals surface area contributed by atoms with Crippen LogP contribution in [0.1, 0.15) is 43.0 Å². The van der Waals surface area contributed by atoms with Crippen molar-refractivity contribution in [2.75, 3.05) is 20.8 Å². The van der Waals surface area contributed by atoms with Crippen LogP contribution in [-0.2, 0) is 17.8 Å². The Morgan fingerprint density at radius 3 is 2.59 bits per heavy atom. The number of benzene rings is 2. The Balaban J connectivity index is 2.01. The normalized spacial score (nSPS) is 17.3. The maximum absolute atomic E-state index is 14.3. The number of nitrogens with one attached hydrogen (secondary N) is 1. The molecule has 1 aliphatic heterocycles. The summed E-state index contributed by atoms with van der Waals surface area (Å²) in [5, 5.41) is 3.09. The highest BCUT2D eigenvalue weighted by molar-refractivity contribution is 5.76. The van der Waals surface area contributed by atoms with Gasteiger partial charge in [0.25, 0.3) is 0 Å². The van der Waals surface area contributed by atoms with Gasteiger partial charge in [-0.2, -0.15) is 0 Å². The van der Waals surface area contributed by atoms with Crippen molar-refractivity contribution in [3.8, 4) is 11.5 Å². The molecule has 5 nitrogen and oxygen atoms in total. The van der Waals surface area contributed by atoms with Gasteiger partial charge in [-0.15, -0.1) is 0 Å². The van der Waals surface area contributed by atoms with Crippen LogP contribution in [0.3, 0.4) is 0 Å². The summed E-state index contributed by atoms with van der Waals surface area (Å²) in [6.07, 6.45) is 1.23. The third-order valence-corrected chi connectivity index (χ3v) is 5.54. The first-order chi connectivity index (χ1) is 14.0. The van der Waals surface area contributed by atoms with E-state index in [-0.39, 0.29) is 23.8 Å². The highest BCUT2D eigenvalue weighted by Gasteiger charge is 2.34. The summed E-state index contributed by atoms with van der Waals surface area (Å²) in [4.78, 5) is 14.3. The zero-order valence-corrected chi connectivity index (χ0v) is 17.5. The molecule has 2 aromatic rings. The summed E-state index contributed by atoms with van der Waals surface area (Å²) in [6, 6.07) is 10.6. The second-order valence-corrected chi connectivity index (χ2v) is 7.37. The molecular weight excluding hydrogens is 371 g/mol. The van der Waals surface area contributed by atoms with E-state index in [2.05, 4.69) is 10.2 Å². The smallest absolute Gasteiger partial charge is 0.219 e. The van der Waals surface area contributed by atoms with Gasteiger partial charge in [0.15, 0.2) is 11.5 Å². The zero-order chi connectivity index (χ0) is 21.0. The highest BCUT2D eigenvalue weighted by atomic mass is 19.1. The second kappa shape index (κ2) is 9.27. The first-order valence-corrected chi connectivity index (χ1v) is 10.00. The first kappa shape index (κ1) is 21.1. The summed E-state index contributed by atoms with van der Waals surface area (Å²) in [5.74, 6) is 1.13. The van der Waals surface area contributed by atoms with Crippen molar-refractivity contribution in [2.45, 2.75) is 45.3 Å². The van der Waals surface area contributed by atoms with Crippen molar-refractivity contribution < 1.29 is 18.7 Å². The minimum atomic E-state index is -0.213.